The molecule has 0 spiro atoms. The SMILES string of the molecule is CCNc1nc(Cl)nc(NC(C)CC(C)C)n1. The van der Waals surface area contributed by atoms with Crippen LogP contribution in [0.3, 0.4) is 0 Å². The largest absolute Gasteiger partial charge is 0.354 e. The Bertz CT molecular complexity index is 356. The average Bonchev–Trinajstić information content (AvgIpc) is 2.14. The third-order valence-electron chi connectivity index (χ3n) is 2.14. The molecule has 1 rings (SSSR count). The van der Waals surface area contributed by atoms with E-state index >= 15 is 0 Å². The Labute approximate surface area is 107 Å². The molecule has 1 unspecified atom stereocenters. The predicted octanol–water partition coefficient (Wildman–Crippen LogP) is 2.80. The second-order valence-electron chi connectivity index (χ2n) is 4.46. The van der Waals surface area contributed by atoms with Crippen molar-refractivity contribution in [2.75, 3.05) is 17.2 Å². The molecule has 0 bridgehead atoms. The predicted molar refractivity (Wildman–Crippen MR) is 71.5 cm³/mol. The molecule has 6 heteroatoms. The van der Waals surface area contributed by atoms with E-state index in [4.69, 9.17) is 11.6 Å². The van der Waals surface area contributed by atoms with Crippen LogP contribution in [0.15, 0.2) is 0 Å². The lowest BCUT2D eigenvalue weighted by Gasteiger charge is -2.16. The summed E-state index contributed by atoms with van der Waals surface area (Å²) >= 11 is 5.83. The zero-order valence-corrected chi connectivity index (χ0v) is 11.5. The van der Waals surface area contributed by atoms with Crippen LogP contribution in [0.25, 0.3) is 0 Å². The maximum Gasteiger partial charge on any atom is 0.229 e. The van der Waals surface area contributed by atoms with E-state index in [-0.39, 0.29) is 5.28 Å². The third-order valence-corrected chi connectivity index (χ3v) is 2.31. The van der Waals surface area contributed by atoms with Gasteiger partial charge < -0.3 is 10.6 Å². The first kappa shape index (κ1) is 14.0. The van der Waals surface area contributed by atoms with Crippen LogP contribution in [0.4, 0.5) is 11.9 Å². The van der Waals surface area contributed by atoms with Crippen molar-refractivity contribution in [3.63, 3.8) is 0 Å². The van der Waals surface area contributed by atoms with Gasteiger partial charge in [0.15, 0.2) is 0 Å². The third kappa shape index (κ3) is 5.17. The van der Waals surface area contributed by atoms with Gasteiger partial charge in [0, 0.05) is 12.6 Å². The van der Waals surface area contributed by atoms with Crippen molar-refractivity contribution in [1.29, 1.82) is 0 Å². The van der Waals surface area contributed by atoms with Gasteiger partial charge in [0.1, 0.15) is 0 Å². The summed E-state index contributed by atoms with van der Waals surface area (Å²) in [5, 5.41) is 6.45. The van der Waals surface area contributed by atoms with Crippen LogP contribution in [0.1, 0.15) is 34.1 Å². The quantitative estimate of drug-likeness (QED) is 0.821. The zero-order valence-electron chi connectivity index (χ0n) is 10.8. The normalized spacial score (nSPS) is 12.6. The molecule has 0 aliphatic rings. The molecule has 1 heterocycles. The van der Waals surface area contributed by atoms with Gasteiger partial charge in [-0.1, -0.05) is 13.8 Å². The highest BCUT2D eigenvalue weighted by Gasteiger charge is 2.09. The molecule has 0 aliphatic heterocycles. The Kier molecular flexibility index (Phi) is 5.41. The molecule has 0 aromatic carbocycles. The monoisotopic (exact) mass is 257 g/mol. The van der Waals surface area contributed by atoms with Crippen molar-refractivity contribution >= 4 is 23.5 Å². The average molecular weight is 258 g/mol. The smallest absolute Gasteiger partial charge is 0.229 e. The topological polar surface area (TPSA) is 62.7 Å². The van der Waals surface area contributed by atoms with Crippen molar-refractivity contribution in [2.24, 2.45) is 5.92 Å². The Morgan fingerprint density at radius 2 is 1.76 bits per heavy atom. The molecule has 17 heavy (non-hydrogen) atoms. The van der Waals surface area contributed by atoms with E-state index < -0.39 is 0 Å². The fourth-order valence-corrected chi connectivity index (χ4v) is 1.80. The van der Waals surface area contributed by atoms with Gasteiger partial charge in [-0.3, -0.25) is 0 Å². The molecule has 1 aromatic heterocycles. The van der Waals surface area contributed by atoms with Crippen molar-refractivity contribution in [3.8, 4) is 0 Å². The fourth-order valence-electron chi connectivity index (χ4n) is 1.64. The van der Waals surface area contributed by atoms with Crippen molar-refractivity contribution in [2.45, 2.75) is 40.2 Å². The molecular weight excluding hydrogens is 238 g/mol. The van der Waals surface area contributed by atoms with Crippen LogP contribution in [-0.4, -0.2) is 27.5 Å². The number of halogens is 1. The molecule has 1 aromatic rings. The molecule has 0 saturated carbocycles. The van der Waals surface area contributed by atoms with Gasteiger partial charge in [0.05, 0.1) is 0 Å². The molecule has 0 fully saturated rings. The number of anilines is 2. The Morgan fingerprint density at radius 1 is 1.12 bits per heavy atom. The highest BCUT2D eigenvalue weighted by molar-refractivity contribution is 6.28. The van der Waals surface area contributed by atoms with Crippen LogP contribution in [-0.2, 0) is 0 Å². The lowest BCUT2D eigenvalue weighted by atomic mass is 10.1. The van der Waals surface area contributed by atoms with Crippen molar-refractivity contribution in [1.82, 2.24) is 15.0 Å². The first-order chi connectivity index (χ1) is 8.01. The first-order valence-electron chi connectivity index (χ1n) is 5.93. The zero-order chi connectivity index (χ0) is 12.8. The summed E-state index contributed by atoms with van der Waals surface area (Å²) < 4.78 is 0. The molecule has 1 atom stereocenters. The van der Waals surface area contributed by atoms with Crippen LogP contribution < -0.4 is 10.6 Å². The van der Waals surface area contributed by atoms with E-state index in [1.165, 1.54) is 0 Å². The summed E-state index contributed by atoms with van der Waals surface area (Å²) in [6.45, 7) is 9.20. The number of nitrogens with zero attached hydrogens (tertiary/aromatic N) is 3. The standard InChI is InChI=1S/C11H20ClN5/c1-5-13-10-15-9(12)16-11(17-10)14-8(4)6-7(2)3/h7-8H,5-6H2,1-4H3,(H2,13,14,15,16,17). The summed E-state index contributed by atoms with van der Waals surface area (Å²) in [5.41, 5.74) is 0. The molecule has 0 radical (unpaired) electrons. The summed E-state index contributed by atoms with van der Waals surface area (Å²) in [7, 11) is 0. The maximum atomic E-state index is 5.83. The van der Waals surface area contributed by atoms with Gasteiger partial charge in [-0.15, -0.1) is 0 Å². The van der Waals surface area contributed by atoms with E-state index in [2.05, 4.69) is 46.4 Å². The Balaban J connectivity index is 2.69. The van der Waals surface area contributed by atoms with E-state index in [0.717, 1.165) is 13.0 Å². The highest BCUT2D eigenvalue weighted by atomic mass is 35.5. The van der Waals surface area contributed by atoms with Gasteiger partial charge in [-0.2, -0.15) is 15.0 Å². The molecule has 0 saturated heterocycles. The molecule has 2 N–H and O–H groups in total. The van der Waals surface area contributed by atoms with Crippen LogP contribution in [0, 0.1) is 5.92 Å². The lowest BCUT2D eigenvalue weighted by Crippen LogP contribution is -2.20. The highest BCUT2D eigenvalue weighted by Crippen LogP contribution is 2.13. The van der Waals surface area contributed by atoms with E-state index in [1.807, 2.05) is 6.92 Å². The molecule has 5 nitrogen and oxygen atoms in total. The Morgan fingerprint density at radius 3 is 2.35 bits per heavy atom. The molecule has 0 amide bonds. The second-order valence-corrected chi connectivity index (χ2v) is 4.79. The minimum atomic E-state index is 0.204. The minimum absolute atomic E-state index is 0.204. The van der Waals surface area contributed by atoms with Crippen LogP contribution in [0.2, 0.25) is 5.28 Å². The maximum absolute atomic E-state index is 5.83. The number of hydrogen-bond acceptors (Lipinski definition) is 5. The molecule has 96 valence electrons. The minimum Gasteiger partial charge on any atom is -0.354 e. The van der Waals surface area contributed by atoms with E-state index in [0.29, 0.717) is 23.9 Å². The van der Waals surface area contributed by atoms with Crippen molar-refractivity contribution < 1.29 is 0 Å². The van der Waals surface area contributed by atoms with Gasteiger partial charge in [0.25, 0.3) is 0 Å². The fraction of sp³-hybridized carbons (Fsp3) is 0.727. The van der Waals surface area contributed by atoms with E-state index in [9.17, 15) is 0 Å². The molecular formula is C11H20ClN5. The summed E-state index contributed by atoms with van der Waals surface area (Å²) in [6.07, 6.45) is 1.06. The second kappa shape index (κ2) is 6.59. The molecule has 0 aliphatic carbocycles. The van der Waals surface area contributed by atoms with Gasteiger partial charge in [-0.05, 0) is 37.8 Å². The van der Waals surface area contributed by atoms with Crippen LogP contribution >= 0.6 is 11.6 Å². The number of rotatable bonds is 6. The summed E-state index contributed by atoms with van der Waals surface area (Å²) in [5.74, 6) is 1.66. The van der Waals surface area contributed by atoms with Gasteiger partial charge in [-0.25, -0.2) is 0 Å². The number of nitrogens with one attached hydrogen (secondary N) is 2. The van der Waals surface area contributed by atoms with Gasteiger partial charge in [0.2, 0.25) is 17.2 Å². The summed E-state index contributed by atoms with van der Waals surface area (Å²) in [6, 6.07) is 0.308. The number of aromatic nitrogens is 3. The lowest BCUT2D eigenvalue weighted by molar-refractivity contribution is 0.537. The first-order valence-corrected chi connectivity index (χ1v) is 6.31. The van der Waals surface area contributed by atoms with Gasteiger partial charge >= 0.3 is 0 Å². The van der Waals surface area contributed by atoms with Crippen molar-refractivity contribution in [3.05, 3.63) is 5.28 Å². The summed E-state index contributed by atoms with van der Waals surface area (Å²) in [4.78, 5) is 12.3. The number of hydrogen-bond donors (Lipinski definition) is 2. The van der Waals surface area contributed by atoms with Crippen LogP contribution in [0.5, 0.6) is 0 Å². The van der Waals surface area contributed by atoms with E-state index in [1.54, 1.807) is 0 Å². The Hall–Kier alpha value is -1.10.